The van der Waals surface area contributed by atoms with Crippen molar-refractivity contribution < 1.29 is 14.6 Å². The third-order valence-corrected chi connectivity index (χ3v) is 11.8. The maximum absolute atomic E-state index is 11.8. The lowest BCUT2D eigenvalue weighted by molar-refractivity contribution is -0.167. The Morgan fingerprint density at radius 1 is 1.14 bits per heavy atom. The molecule has 5 nitrogen and oxygen atoms in total. The minimum absolute atomic E-state index is 0.0861. The second-order valence-corrected chi connectivity index (χ2v) is 13.3. The van der Waals surface area contributed by atoms with Gasteiger partial charge in [0.2, 0.25) is 0 Å². The number of aliphatic hydroxyl groups is 1. The van der Waals surface area contributed by atoms with Crippen LogP contribution in [0.4, 0.5) is 0 Å². The standard InChI is InChI=1S/C31H48N2O3/c1-20(8-11-28(35)36-4)24-9-10-25-29-26(13-15-31(24,25)3)30(2)14-12-22(17-21(30)18-27(29)34)33-19-23-7-5-6-16-32-23/h5-7,16,20-22,24-27,29,33-34H,8-15,17-19H2,1-4H3/t20-,21-,22+,24-,25?,26?,27-,29?,30+,31-/m1/s1. The van der Waals surface area contributed by atoms with Gasteiger partial charge in [-0.3, -0.25) is 9.78 Å². The van der Waals surface area contributed by atoms with Crippen molar-refractivity contribution in [1.82, 2.24) is 10.3 Å². The lowest BCUT2D eigenvalue weighted by atomic mass is 9.43. The van der Waals surface area contributed by atoms with E-state index in [1.54, 1.807) is 0 Å². The molecule has 4 saturated carbocycles. The first-order valence-corrected chi connectivity index (χ1v) is 14.6. The quantitative estimate of drug-likeness (QED) is 0.470. The Kier molecular flexibility index (Phi) is 7.53. The van der Waals surface area contributed by atoms with Gasteiger partial charge in [0.1, 0.15) is 0 Å². The van der Waals surface area contributed by atoms with Gasteiger partial charge in [0, 0.05) is 25.2 Å². The molecule has 4 aliphatic rings. The number of rotatable bonds is 7. The van der Waals surface area contributed by atoms with Gasteiger partial charge in [-0.25, -0.2) is 0 Å². The highest BCUT2D eigenvalue weighted by Gasteiger charge is 2.62. The molecule has 2 N–H and O–H groups in total. The predicted octanol–water partition coefficient (Wildman–Crippen LogP) is 5.76. The molecule has 0 radical (unpaired) electrons. The van der Waals surface area contributed by atoms with Gasteiger partial charge in [-0.05, 0) is 116 Å². The van der Waals surface area contributed by atoms with Crippen LogP contribution < -0.4 is 5.32 Å². The average Bonchev–Trinajstić information content (AvgIpc) is 3.24. The number of carbonyl (C=O) groups is 1. The third-order valence-electron chi connectivity index (χ3n) is 11.8. The van der Waals surface area contributed by atoms with E-state index in [0.29, 0.717) is 58.8 Å². The normalized spacial score (nSPS) is 42.6. The Morgan fingerprint density at radius 3 is 2.67 bits per heavy atom. The summed E-state index contributed by atoms with van der Waals surface area (Å²) in [6, 6.07) is 6.65. The first-order valence-electron chi connectivity index (χ1n) is 14.6. The monoisotopic (exact) mass is 496 g/mol. The van der Waals surface area contributed by atoms with Gasteiger partial charge in [-0.2, -0.15) is 0 Å². The van der Waals surface area contributed by atoms with E-state index in [0.717, 1.165) is 25.1 Å². The molecule has 10 atom stereocenters. The smallest absolute Gasteiger partial charge is 0.305 e. The molecule has 4 aliphatic carbocycles. The Labute approximate surface area is 218 Å². The molecule has 1 heterocycles. The van der Waals surface area contributed by atoms with Crippen molar-refractivity contribution in [3.05, 3.63) is 30.1 Å². The summed E-state index contributed by atoms with van der Waals surface area (Å²) in [6.07, 6.45) is 12.8. The number of nitrogens with zero attached hydrogens (tertiary/aromatic N) is 1. The molecule has 0 aromatic carbocycles. The maximum Gasteiger partial charge on any atom is 0.305 e. The Morgan fingerprint density at radius 2 is 1.92 bits per heavy atom. The van der Waals surface area contributed by atoms with Crippen LogP contribution in [-0.2, 0) is 16.1 Å². The fraction of sp³-hybridized carbons (Fsp3) is 0.806. The van der Waals surface area contributed by atoms with E-state index in [-0.39, 0.29) is 12.1 Å². The third kappa shape index (κ3) is 4.64. The fourth-order valence-corrected chi connectivity index (χ4v) is 9.78. The molecule has 3 unspecified atom stereocenters. The van der Waals surface area contributed by atoms with Crippen LogP contribution in [0, 0.1) is 46.3 Å². The first kappa shape index (κ1) is 26.2. The molecule has 1 aromatic rings. The number of methoxy groups -OCH3 is 1. The molecule has 1 aromatic heterocycles. The summed E-state index contributed by atoms with van der Waals surface area (Å²) in [5.74, 6) is 3.40. The topological polar surface area (TPSA) is 71.5 Å². The molecule has 0 bridgehead atoms. The van der Waals surface area contributed by atoms with E-state index in [9.17, 15) is 9.90 Å². The SMILES string of the molecule is COC(=O)CC[C@@H](C)[C@H]1CCC2C3C(CC[C@@]21C)[C@@]1(C)CC[C@H](NCc2ccccn2)C[C@@H]1C[C@H]3O. The minimum Gasteiger partial charge on any atom is -0.469 e. The summed E-state index contributed by atoms with van der Waals surface area (Å²) in [5, 5.41) is 15.4. The van der Waals surface area contributed by atoms with E-state index >= 15 is 0 Å². The largest absolute Gasteiger partial charge is 0.469 e. The van der Waals surface area contributed by atoms with Crippen LogP contribution in [0.15, 0.2) is 24.4 Å². The van der Waals surface area contributed by atoms with E-state index in [2.05, 4.69) is 43.2 Å². The van der Waals surface area contributed by atoms with Gasteiger partial charge in [0.15, 0.2) is 0 Å². The van der Waals surface area contributed by atoms with Gasteiger partial charge in [-0.15, -0.1) is 0 Å². The van der Waals surface area contributed by atoms with Gasteiger partial charge >= 0.3 is 5.97 Å². The van der Waals surface area contributed by atoms with Gasteiger partial charge in [-0.1, -0.05) is 26.8 Å². The lowest BCUT2D eigenvalue weighted by Gasteiger charge is -2.62. The molecule has 0 amide bonds. The van der Waals surface area contributed by atoms with E-state index < -0.39 is 0 Å². The van der Waals surface area contributed by atoms with Gasteiger partial charge < -0.3 is 15.2 Å². The highest BCUT2D eigenvalue weighted by Crippen LogP contribution is 2.68. The molecule has 200 valence electrons. The molecule has 36 heavy (non-hydrogen) atoms. The minimum atomic E-state index is -0.170. The molecule has 0 aliphatic heterocycles. The zero-order valence-corrected chi connectivity index (χ0v) is 22.9. The summed E-state index contributed by atoms with van der Waals surface area (Å²) in [4.78, 5) is 16.2. The molecule has 0 spiro atoms. The Bertz CT molecular complexity index is 908. The number of pyridine rings is 1. The molecular formula is C31H48N2O3. The van der Waals surface area contributed by atoms with Gasteiger partial charge in [0.25, 0.3) is 0 Å². The summed E-state index contributed by atoms with van der Waals surface area (Å²) in [6.45, 7) is 8.28. The van der Waals surface area contributed by atoms with Gasteiger partial charge in [0.05, 0.1) is 18.9 Å². The Hall–Kier alpha value is -1.46. The highest BCUT2D eigenvalue weighted by atomic mass is 16.5. The number of esters is 1. The van der Waals surface area contributed by atoms with E-state index in [4.69, 9.17) is 4.74 Å². The zero-order chi connectivity index (χ0) is 25.5. The maximum atomic E-state index is 11.8. The molecule has 5 rings (SSSR count). The number of aromatic nitrogens is 1. The van der Waals surface area contributed by atoms with E-state index in [1.807, 2.05) is 12.3 Å². The van der Waals surface area contributed by atoms with Crippen LogP contribution in [0.5, 0.6) is 0 Å². The highest BCUT2D eigenvalue weighted by molar-refractivity contribution is 5.69. The summed E-state index contributed by atoms with van der Waals surface area (Å²) >= 11 is 0. The van der Waals surface area contributed by atoms with Crippen LogP contribution in [0.3, 0.4) is 0 Å². The number of hydrogen-bond donors (Lipinski definition) is 2. The molecular weight excluding hydrogens is 448 g/mol. The Balaban J connectivity index is 1.25. The van der Waals surface area contributed by atoms with Crippen molar-refractivity contribution in [2.75, 3.05) is 7.11 Å². The van der Waals surface area contributed by atoms with Crippen molar-refractivity contribution in [1.29, 1.82) is 0 Å². The van der Waals surface area contributed by atoms with Crippen LogP contribution >= 0.6 is 0 Å². The number of hydrogen-bond acceptors (Lipinski definition) is 5. The fourth-order valence-electron chi connectivity index (χ4n) is 9.78. The number of ether oxygens (including phenoxy) is 1. The van der Waals surface area contributed by atoms with Crippen LogP contribution in [0.1, 0.15) is 90.7 Å². The van der Waals surface area contributed by atoms with Crippen molar-refractivity contribution in [3.63, 3.8) is 0 Å². The summed E-state index contributed by atoms with van der Waals surface area (Å²) in [5.41, 5.74) is 1.75. The van der Waals surface area contributed by atoms with Crippen molar-refractivity contribution >= 4 is 5.97 Å². The molecule has 0 saturated heterocycles. The average molecular weight is 497 g/mol. The lowest BCUT2D eigenvalue weighted by Crippen LogP contribution is -2.59. The molecule has 4 fully saturated rings. The predicted molar refractivity (Wildman–Crippen MR) is 142 cm³/mol. The first-order chi connectivity index (χ1) is 17.3. The number of fused-ring (bicyclic) bond motifs is 5. The van der Waals surface area contributed by atoms with Crippen LogP contribution in [-0.4, -0.2) is 35.3 Å². The summed E-state index contributed by atoms with van der Waals surface area (Å²) in [7, 11) is 1.49. The number of nitrogens with one attached hydrogen (secondary N) is 1. The summed E-state index contributed by atoms with van der Waals surface area (Å²) < 4.78 is 4.91. The van der Waals surface area contributed by atoms with Crippen molar-refractivity contribution in [2.24, 2.45) is 46.3 Å². The van der Waals surface area contributed by atoms with E-state index in [1.165, 1.54) is 52.1 Å². The second-order valence-electron chi connectivity index (χ2n) is 13.3. The van der Waals surface area contributed by atoms with Crippen molar-refractivity contribution in [2.45, 2.75) is 104 Å². The van der Waals surface area contributed by atoms with Crippen LogP contribution in [0.25, 0.3) is 0 Å². The number of aliphatic hydroxyl groups excluding tert-OH is 1. The molecule has 5 heteroatoms. The zero-order valence-electron chi connectivity index (χ0n) is 22.9. The van der Waals surface area contributed by atoms with Crippen LogP contribution in [0.2, 0.25) is 0 Å². The second kappa shape index (κ2) is 10.4. The number of carbonyl (C=O) groups excluding carboxylic acids is 1. The van der Waals surface area contributed by atoms with Crippen molar-refractivity contribution in [3.8, 4) is 0 Å².